The van der Waals surface area contributed by atoms with Gasteiger partial charge in [0.2, 0.25) is 0 Å². The standard InChI is InChI=1S/C30H26O10S3.C26H22O8S3/c1-21(31)37-19-23-3-15-29(16-4-23)42(33,34)39-25-7-11-27(12-8-25)41-28-13-9-26(10-14-28)40-43(35,36)30-17-5-24(6-18-30)20-38-22(2)32;27-17-19-1-13-25(14-2-19)36(29,30)33-21-5-9-23(10-6-21)35-24-11-7-22(8-12-24)34-37(31,32)26-15-3-20(18-28)4-16-26/h3-18H,19-20H2,1-2H3;1-16,27-28H,17-18H2. The maximum Gasteiger partial charge on any atom is 0.339 e. The van der Waals surface area contributed by atoms with Gasteiger partial charge >= 0.3 is 52.4 Å². The van der Waals surface area contributed by atoms with E-state index in [4.69, 9.17) is 36.4 Å². The van der Waals surface area contributed by atoms with Gasteiger partial charge in [0.15, 0.2) is 0 Å². The van der Waals surface area contributed by atoms with Gasteiger partial charge in [0, 0.05) is 33.4 Å². The third-order valence-corrected chi connectivity index (χ3v) is 17.8. The van der Waals surface area contributed by atoms with Crippen molar-refractivity contribution in [3.05, 3.63) is 216 Å². The summed E-state index contributed by atoms with van der Waals surface area (Å²) >= 11 is 2.75. The Bertz CT molecular complexity index is 3590. The van der Waals surface area contributed by atoms with Gasteiger partial charge in [0.05, 0.1) is 13.2 Å². The predicted octanol–water partition coefficient (Wildman–Crippen LogP) is 9.86. The first-order valence-corrected chi connectivity index (χ1v) is 30.7. The molecule has 0 saturated carbocycles. The molecule has 0 aromatic heterocycles. The zero-order valence-electron chi connectivity index (χ0n) is 42.2. The monoisotopic (exact) mass is 1200 g/mol. The van der Waals surface area contributed by atoms with Crippen LogP contribution in [0.5, 0.6) is 23.0 Å². The third kappa shape index (κ3) is 17.7. The highest BCUT2D eigenvalue weighted by atomic mass is 32.2. The van der Waals surface area contributed by atoms with Crippen molar-refractivity contribution in [2.75, 3.05) is 0 Å². The van der Waals surface area contributed by atoms with E-state index in [1.165, 1.54) is 183 Å². The first-order chi connectivity index (χ1) is 38.1. The fourth-order valence-corrected chi connectivity index (χ4v) is 12.0. The Balaban J connectivity index is 0.000000234. The van der Waals surface area contributed by atoms with E-state index in [9.17, 15) is 43.3 Å². The fourth-order valence-electron chi connectivity index (χ4n) is 6.62. The van der Waals surface area contributed by atoms with Crippen LogP contribution < -0.4 is 16.7 Å². The number of hydrogen-bond donors (Lipinski definition) is 2. The molecule has 0 aliphatic carbocycles. The number of aliphatic hydroxyl groups excluding tert-OH is 2. The normalized spacial score (nSPS) is 11.6. The molecule has 2 N–H and O–H groups in total. The van der Waals surface area contributed by atoms with Gasteiger partial charge in [-0.1, -0.05) is 72.1 Å². The van der Waals surface area contributed by atoms with Crippen molar-refractivity contribution in [2.24, 2.45) is 0 Å². The second-order valence-corrected chi connectivity index (χ2v) is 25.2. The van der Waals surface area contributed by atoms with E-state index in [0.29, 0.717) is 22.3 Å². The molecule has 0 bridgehead atoms. The number of rotatable bonds is 22. The van der Waals surface area contributed by atoms with Gasteiger partial charge in [0.1, 0.15) is 55.8 Å². The third-order valence-electron chi connectivity index (χ3n) is 10.7. The van der Waals surface area contributed by atoms with E-state index in [0.717, 1.165) is 19.6 Å². The van der Waals surface area contributed by atoms with E-state index in [2.05, 4.69) is 0 Å². The topological polar surface area (TPSA) is 267 Å². The summed E-state index contributed by atoms with van der Waals surface area (Å²) in [5.74, 6) is -0.314. The molecule has 0 atom stereocenters. The Morgan fingerprint density at radius 2 is 0.525 bits per heavy atom. The average Bonchev–Trinajstić information content (AvgIpc) is 3.44. The van der Waals surface area contributed by atoms with E-state index < -0.39 is 52.4 Å². The van der Waals surface area contributed by atoms with Crippen molar-refractivity contribution < 1.29 is 79.7 Å². The molecule has 24 heteroatoms. The van der Waals surface area contributed by atoms with Crippen LogP contribution in [0.4, 0.5) is 0 Å². The van der Waals surface area contributed by atoms with E-state index >= 15 is 0 Å². The molecule has 18 nitrogen and oxygen atoms in total. The lowest BCUT2D eigenvalue weighted by Crippen LogP contribution is -2.10. The van der Waals surface area contributed by atoms with Crippen LogP contribution in [0.1, 0.15) is 36.1 Å². The summed E-state index contributed by atoms with van der Waals surface area (Å²) in [6.07, 6.45) is 0. The van der Waals surface area contributed by atoms with Crippen LogP contribution in [0.15, 0.2) is 233 Å². The predicted molar refractivity (Wildman–Crippen MR) is 294 cm³/mol. The van der Waals surface area contributed by atoms with Gasteiger partial charge in [0.25, 0.3) is 0 Å². The number of benzene rings is 8. The van der Waals surface area contributed by atoms with Crippen LogP contribution in [0.2, 0.25) is 0 Å². The molecule has 0 aliphatic heterocycles. The number of ether oxygens (including phenoxy) is 2. The summed E-state index contributed by atoms with van der Waals surface area (Å²) in [4.78, 5) is 24.9. The second kappa shape index (κ2) is 27.0. The fraction of sp³-hybridized carbons (Fsp3) is 0.107. The molecule has 0 heterocycles. The highest BCUT2D eigenvalue weighted by Crippen LogP contribution is 2.34. The van der Waals surface area contributed by atoms with Gasteiger partial charge in [-0.3, -0.25) is 9.59 Å². The lowest BCUT2D eigenvalue weighted by atomic mass is 10.2. The van der Waals surface area contributed by atoms with Gasteiger partial charge in [-0.25, -0.2) is 0 Å². The van der Waals surface area contributed by atoms with Crippen LogP contribution in [-0.2, 0) is 86.0 Å². The first-order valence-electron chi connectivity index (χ1n) is 23.5. The summed E-state index contributed by atoms with van der Waals surface area (Å²) in [5, 5.41) is 18.2. The molecule has 80 heavy (non-hydrogen) atoms. The Labute approximate surface area is 471 Å². The minimum Gasteiger partial charge on any atom is -0.461 e. The number of aliphatic hydroxyl groups is 2. The Kier molecular flexibility index (Phi) is 20.2. The van der Waals surface area contributed by atoms with Gasteiger partial charge in [-0.15, -0.1) is 0 Å². The summed E-state index contributed by atoms with van der Waals surface area (Å²) < 4.78 is 131. The van der Waals surface area contributed by atoms with Crippen molar-refractivity contribution in [1.82, 2.24) is 0 Å². The lowest BCUT2D eigenvalue weighted by molar-refractivity contribution is -0.143. The van der Waals surface area contributed by atoms with E-state index in [-0.39, 0.29) is 69.0 Å². The smallest absolute Gasteiger partial charge is 0.339 e. The summed E-state index contributed by atoms with van der Waals surface area (Å²) in [7, 11) is -16.2. The van der Waals surface area contributed by atoms with Gasteiger partial charge in [-0.05, 0) is 168 Å². The van der Waals surface area contributed by atoms with Crippen LogP contribution in [0.3, 0.4) is 0 Å². The average molecular weight is 1200 g/mol. The molecular weight excluding hydrogens is 1150 g/mol. The van der Waals surface area contributed by atoms with E-state index in [1.54, 1.807) is 48.5 Å². The second-order valence-electron chi connectivity index (χ2n) is 16.7. The minimum atomic E-state index is -4.08. The van der Waals surface area contributed by atoms with Gasteiger partial charge in [-0.2, -0.15) is 33.7 Å². The molecule has 0 amide bonds. The quantitative estimate of drug-likeness (QED) is 0.0472. The van der Waals surface area contributed by atoms with Crippen LogP contribution in [0.25, 0.3) is 0 Å². The molecule has 8 rings (SSSR count). The molecule has 0 radical (unpaired) electrons. The van der Waals surface area contributed by atoms with Crippen LogP contribution >= 0.6 is 23.5 Å². The van der Waals surface area contributed by atoms with E-state index in [1.807, 2.05) is 0 Å². The molecule has 0 aliphatic rings. The molecule has 0 saturated heterocycles. The summed E-state index contributed by atoms with van der Waals surface area (Å²) in [5.41, 5.74) is 2.46. The molecule has 8 aromatic rings. The minimum absolute atomic E-state index is 0.0188. The largest absolute Gasteiger partial charge is 0.461 e. The van der Waals surface area contributed by atoms with Crippen molar-refractivity contribution in [3.8, 4) is 23.0 Å². The maximum absolute atomic E-state index is 12.7. The molecule has 0 spiro atoms. The molecule has 0 unspecified atom stereocenters. The van der Waals surface area contributed by atoms with Gasteiger partial charge < -0.3 is 36.4 Å². The van der Waals surface area contributed by atoms with Crippen LogP contribution in [-0.4, -0.2) is 55.8 Å². The zero-order valence-corrected chi connectivity index (χ0v) is 47.1. The summed E-state index contributed by atoms with van der Waals surface area (Å²) in [6, 6.07) is 49.0. The number of esters is 2. The maximum atomic E-state index is 12.7. The highest BCUT2D eigenvalue weighted by molar-refractivity contribution is 7.99. The van der Waals surface area contributed by atoms with Crippen molar-refractivity contribution in [1.29, 1.82) is 0 Å². The highest BCUT2D eigenvalue weighted by Gasteiger charge is 2.21. The molecule has 0 fully saturated rings. The Morgan fingerprint density at radius 1 is 0.325 bits per heavy atom. The lowest BCUT2D eigenvalue weighted by Gasteiger charge is -2.10. The van der Waals surface area contributed by atoms with Crippen molar-refractivity contribution in [3.63, 3.8) is 0 Å². The molecule has 416 valence electrons. The zero-order chi connectivity index (χ0) is 57.5. The van der Waals surface area contributed by atoms with Crippen molar-refractivity contribution in [2.45, 2.75) is 79.4 Å². The number of carbonyl (C=O) groups excluding carboxylic acids is 2. The SMILES string of the molecule is CC(=O)OCc1ccc(S(=O)(=O)Oc2ccc(Sc3ccc(OS(=O)(=O)c4ccc(COC(C)=O)cc4)cc3)cc2)cc1.O=S(=O)(Oc1ccc(Sc2ccc(OS(=O)(=O)c3ccc(CO)cc3)cc2)cc1)c1ccc(CO)cc1. The Morgan fingerprint density at radius 3 is 0.713 bits per heavy atom. The number of hydrogen-bond acceptors (Lipinski definition) is 20. The summed E-state index contributed by atoms with van der Waals surface area (Å²) in [6.45, 7) is 2.29. The van der Waals surface area contributed by atoms with Crippen LogP contribution in [0, 0.1) is 0 Å². The Hall–Kier alpha value is -7.68. The first kappa shape index (κ1) is 60.0. The van der Waals surface area contributed by atoms with Crippen molar-refractivity contribution >= 4 is 75.9 Å². The number of carbonyl (C=O) groups is 2. The molecule has 8 aromatic carbocycles. The molecular formula is C56H48O18S6.